The highest BCUT2D eigenvalue weighted by Gasteiger charge is 2.31. The summed E-state index contributed by atoms with van der Waals surface area (Å²) in [4.78, 5) is 29.2. The monoisotopic (exact) mass is 461 g/mol. The molecule has 1 N–H and O–H groups in total. The van der Waals surface area contributed by atoms with Crippen molar-refractivity contribution in [1.29, 1.82) is 0 Å². The molecule has 33 heavy (non-hydrogen) atoms. The molecule has 0 radical (unpaired) electrons. The first kappa shape index (κ1) is 24.0. The van der Waals surface area contributed by atoms with Gasteiger partial charge in [0.25, 0.3) is 11.8 Å². The first-order valence-corrected chi connectivity index (χ1v) is 10.1. The molecule has 1 aromatic heterocycles. The van der Waals surface area contributed by atoms with Gasteiger partial charge in [-0.3, -0.25) is 4.79 Å². The molecule has 2 aromatic carbocycles. The average Bonchev–Trinajstić information content (AvgIpc) is 3.24. The highest BCUT2D eigenvalue weighted by atomic mass is 19.4. The van der Waals surface area contributed by atoms with Crippen molar-refractivity contribution in [3.05, 3.63) is 71.1 Å². The van der Waals surface area contributed by atoms with Crippen molar-refractivity contribution in [2.24, 2.45) is 5.92 Å². The second-order valence-electron chi connectivity index (χ2n) is 7.71. The quantitative estimate of drug-likeness (QED) is 0.519. The molecule has 3 aromatic rings. The number of amides is 1. The van der Waals surface area contributed by atoms with Gasteiger partial charge in [0.05, 0.1) is 5.56 Å². The summed E-state index contributed by atoms with van der Waals surface area (Å²) in [5, 5.41) is 6.33. The Bertz CT molecular complexity index is 1140. The molecule has 7 nitrogen and oxygen atoms in total. The van der Waals surface area contributed by atoms with E-state index in [1.165, 1.54) is 12.1 Å². The number of carbonyl (C=O) groups is 2. The highest BCUT2D eigenvalue weighted by Crippen LogP contribution is 2.31. The third kappa shape index (κ3) is 5.97. The van der Waals surface area contributed by atoms with Crippen LogP contribution in [0.15, 0.2) is 53.1 Å². The number of esters is 1. The van der Waals surface area contributed by atoms with E-state index in [0.717, 1.165) is 17.7 Å². The summed E-state index contributed by atoms with van der Waals surface area (Å²) in [7, 11) is 0. The Kier molecular flexibility index (Phi) is 7.15. The number of alkyl halides is 3. The van der Waals surface area contributed by atoms with E-state index < -0.39 is 36.3 Å². The van der Waals surface area contributed by atoms with E-state index in [1.807, 2.05) is 0 Å². The number of aromatic nitrogens is 2. The van der Waals surface area contributed by atoms with Crippen molar-refractivity contribution in [3.63, 3.8) is 0 Å². The number of hydrogen-bond donors (Lipinski definition) is 1. The number of nitrogens with one attached hydrogen (secondary N) is 1. The minimum atomic E-state index is -4.51. The Morgan fingerprint density at radius 1 is 1.12 bits per heavy atom. The summed E-state index contributed by atoms with van der Waals surface area (Å²) in [6.07, 6.45) is -4.51. The molecule has 0 fully saturated rings. The lowest BCUT2D eigenvalue weighted by Crippen LogP contribution is -2.45. The summed E-state index contributed by atoms with van der Waals surface area (Å²) in [6.45, 7) is 4.90. The number of nitrogens with zero attached hydrogens (tertiary/aromatic N) is 2. The number of rotatable bonds is 7. The van der Waals surface area contributed by atoms with Gasteiger partial charge in [0.15, 0.2) is 6.61 Å². The molecule has 3 rings (SSSR count). The van der Waals surface area contributed by atoms with Crippen molar-refractivity contribution >= 4 is 11.9 Å². The second-order valence-corrected chi connectivity index (χ2v) is 7.71. The predicted octanol–water partition coefficient (Wildman–Crippen LogP) is 4.56. The van der Waals surface area contributed by atoms with Crippen LogP contribution in [0.4, 0.5) is 13.2 Å². The Morgan fingerprint density at radius 3 is 2.52 bits per heavy atom. The van der Waals surface area contributed by atoms with E-state index in [1.54, 1.807) is 45.0 Å². The van der Waals surface area contributed by atoms with Gasteiger partial charge in [-0.25, -0.2) is 4.79 Å². The number of halogens is 3. The Hall–Kier alpha value is -3.69. The molecular weight excluding hydrogens is 439 g/mol. The van der Waals surface area contributed by atoms with Gasteiger partial charge in [0, 0.05) is 11.1 Å². The second kappa shape index (κ2) is 9.85. The molecule has 174 valence electrons. The van der Waals surface area contributed by atoms with E-state index in [2.05, 4.69) is 15.5 Å². The molecular formula is C23H22F3N3O4. The van der Waals surface area contributed by atoms with Crippen LogP contribution < -0.4 is 5.32 Å². The zero-order valence-corrected chi connectivity index (χ0v) is 18.1. The largest absolute Gasteiger partial charge is 0.454 e. The minimum absolute atomic E-state index is 0.0691. The molecule has 0 saturated carbocycles. The number of benzene rings is 2. The highest BCUT2D eigenvalue weighted by molar-refractivity contribution is 5.98. The minimum Gasteiger partial charge on any atom is -0.454 e. The van der Waals surface area contributed by atoms with E-state index in [-0.39, 0.29) is 23.2 Å². The van der Waals surface area contributed by atoms with Gasteiger partial charge in [-0.05, 0) is 36.6 Å². The standard InChI is InChI=1S/C23H22F3N3O4/c1-13(2)19(28-21(30)17-10-5-4-7-14(17)3)22(31)32-12-18-27-20(29-33-18)15-8-6-9-16(11-15)23(24,25)26/h4-11,13,19H,12H2,1-3H3,(H,28,30)/t19-/m0/s1. The number of aryl methyl sites for hydroxylation is 1. The number of carbonyl (C=O) groups excluding carboxylic acids is 2. The van der Waals surface area contributed by atoms with Crippen molar-refractivity contribution < 1.29 is 32.0 Å². The maximum atomic E-state index is 12.9. The SMILES string of the molecule is Cc1ccccc1C(=O)N[C@H](C(=O)OCc1nc(-c2cccc(C(F)(F)F)c2)no1)C(C)C. The lowest BCUT2D eigenvalue weighted by atomic mass is 10.0. The van der Waals surface area contributed by atoms with Gasteiger partial charge in [0.1, 0.15) is 6.04 Å². The van der Waals surface area contributed by atoms with Crippen LogP contribution in [0.1, 0.15) is 41.2 Å². The van der Waals surface area contributed by atoms with E-state index in [0.29, 0.717) is 5.56 Å². The van der Waals surface area contributed by atoms with Gasteiger partial charge in [0.2, 0.25) is 5.82 Å². The molecule has 1 heterocycles. The maximum Gasteiger partial charge on any atom is 0.416 e. The summed E-state index contributed by atoms with van der Waals surface area (Å²) in [6, 6.07) is 10.5. The molecule has 0 aliphatic carbocycles. The molecule has 0 aliphatic heterocycles. The molecule has 0 spiro atoms. The predicted molar refractivity (Wildman–Crippen MR) is 112 cm³/mol. The van der Waals surface area contributed by atoms with Crippen LogP contribution in [0.25, 0.3) is 11.4 Å². The van der Waals surface area contributed by atoms with E-state index in [9.17, 15) is 22.8 Å². The van der Waals surface area contributed by atoms with Crippen molar-refractivity contribution in [1.82, 2.24) is 15.5 Å². The Morgan fingerprint density at radius 2 is 1.85 bits per heavy atom. The first-order chi connectivity index (χ1) is 15.6. The van der Waals surface area contributed by atoms with Gasteiger partial charge in [-0.15, -0.1) is 0 Å². The van der Waals surface area contributed by atoms with E-state index in [4.69, 9.17) is 9.26 Å². The molecule has 10 heteroatoms. The third-order valence-corrected chi connectivity index (χ3v) is 4.85. The fourth-order valence-corrected chi connectivity index (χ4v) is 3.03. The maximum absolute atomic E-state index is 12.9. The summed E-state index contributed by atoms with van der Waals surface area (Å²) in [5.41, 5.74) is 0.469. The third-order valence-electron chi connectivity index (χ3n) is 4.85. The smallest absolute Gasteiger partial charge is 0.416 e. The molecule has 0 aliphatic rings. The van der Waals surface area contributed by atoms with Gasteiger partial charge < -0.3 is 14.6 Å². The van der Waals surface area contributed by atoms with Crippen LogP contribution in [-0.2, 0) is 22.3 Å². The number of ether oxygens (including phenoxy) is 1. The fraction of sp³-hybridized carbons (Fsp3) is 0.304. The Balaban J connectivity index is 1.65. The van der Waals surface area contributed by atoms with Crippen LogP contribution in [0.3, 0.4) is 0 Å². The van der Waals surface area contributed by atoms with E-state index >= 15 is 0 Å². The van der Waals surface area contributed by atoms with Crippen molar-refractivity contribution in [2.45, 2.75) is 39.6 Å². The Labute approximate surface area is 187 Å². The van der Waals surface area contributed by atoms with Crippen LogP contribution in [0.5, 0.6) is 0 Å². The zero-order valence-electron chi connectivity index (χ0n) is 18.1. The van der Waals surface area contributed by atoms with Gasteiger partial charge in [-0.1, -0.05) is 49.3 Å². The normalized spacial score (nSPS) is 12.5. The average molecular weight is 461 g/mol. The fourth-order valence-electron chi connectivity index (χ4n) is 3.03. The molecule has 1 amide bonds. The van der Waals surface area contributed by atoms with Crippen LogP contribution in [0.2, 0.25) is 0 Å². The van der Waals surface area contributed by atoms with Crippen molar-refractivity contribution in [2.75, 3.05) is 0 Å². The van der Waals surface area contributed by atoms with Crippen LogP contribution in [0, 0.1) is 12.8 Å². The first-order valence-electron chi connectivity index (χ1n) is 10.1. The lowest BCUT2D eigenvalue weighted by Gasteiger charge is -2.21. The number of hydrogen-bond acceptors (Lipinski definition) is 6. The summed E-state index contributed by atoms with van der Waals surface area (Å²) < 4.78 is 48.9. The topological polar surface area (TPSA) is 94.3 Å². The molecule has 0 bridgehead atoms. The zero-order chi connectivity index (χ0) is 24.2. The summed E-state index contributed by atoms with van der Waals surface area (Å²) in [5.74, 6) is -1.54. The van der Waals surface area contributed by atoms with Gasteiger partial charge in [-0.2, -0.15) is 18.2 Å². The van der Waals surface area contributed by atoms with Gasteiger partial charge >= 0.3 is 12.1 Å². The van der Waals surface area contributed by atoms with Crippen LogP contribution >= 0.6 is 0 Å². The molecule has 1 atom stereocenters. The van der Waals surface area contributed by atoms with Crippen molar-refractivity contribution in [3.8, 4) is 11.4 Å². The summed E-state index contributed by atoms with van der Waals surface area (Å²) >= 11 is 0. The molecule has 0 saturated heterocycles. The lowest BCUT2D eigenvalue weighted by molar-refractivity contribution is -0.149. The molecule has 0 unspecified atom stereocenters. The van der Waals surface area contributed by atoms with Crippen LogP contribution in [-0.4, -0.2) is 28.1 Å².